The van der Waals surface area contributed by atoms with E-state index in [1.807, 2.05) is 21.1 Å². The van der Waals surface area contributed by atoms with Crippen LogP contribution in [-0.4, -0.2) is 87.4 Å². The molecule has 0 heterocycles. The maximum absolute atomic E-state index is 13.0. The zero-order valence-corrected chi connectivity index (χ0v) is 67.2. The third-order valence-corrected chi connectivity index (χ3v) is 20.4. The number of unbranched alkanes of at least 4 members (excludes halogenated alkanes) is 63. The Morgan fingerprint density at radius 3 is 0.808 bits per heavy atom. The fourth-order valence-corrected chi connectivity index (χ4v) is 13.6. The number of ether oxygens (including phenoxy) is 4. The topological polar surface area (TPSA) is 108 Å². The number of esters is 2. The van der Waals surface area contributed by atoms with E-state index in [0.29, 0.717) is 17.4 Å². The van der Waals surface area contributed by atoms with Gasteiger partial charge in [-0.1, -0.05) is 416 Å². The molecule has 0 aromatic rings. The minimum Gasteiger partial charge on any atom is -0.477 e. The molecule has 0 spiro atoms. The van der Waals surface area contributed by atoms with E-state index >= 15 is 0 Å². The molecule has 0 saturated heterocycles. The first-order valence-electron chi connectivity index (χ1n) is 44.2. The average molecular weight is 1400 g/mol. The van der Waals surface area contributed by atoms with E-state index in [9.17, 15) is 19.5 Å². The number of carboxylic acid groups (broad SMARTS) is 1. The molecule has 9 nitrogen and oxygen atoms in total. The van der Waals surface area contributed by atoms with Crippen LogP contribution in [0.15, 0.2) is 36.5 Å². The molecular formula is C90H172NO8+. The fourth-order valence-electron chi connectivity index (χ4n) is 13.6. The van der Waals surface area contributed by atoms with Crippen molar-refractivity contribution in [3.63, 3.8) is 0 Å². The van der Waals surface area contributed by atoms with Gasteiger partial charge in [0.2, 0.25) is 0 Å². The number of carbonyl (C=O) groups is 3. The Bertz CT molecular complexity index is 1720. The summed E-state index contributed by atoms with van der Waals surface area (Å²) in [5.41, 5.74) is 0. The maximum atomic E-state index is 13.0. The summed E-state index contributed by atoms with van der Waals surface area (Å²) in [4.78, 5) is 37.8. The van der Waals surface area contributed by atoms with Crippen LogP contribution in [0.25, 0.3) is 0 Å². The lowest BCUT2D eigenvalue weighted by molar-refractivity contribution is -0.870. The van der Waals surface area contributed by atoms with Gasteiger partial charge in [-0.3, -0.25) is 9.59 Å². The normalized spacial score (nSPS) is 12.7. The molecule has 0 fully saturated rings. The van der Waals surface area contributed by atoms with E-state index in [1.165, 1.54) is 392 Å². The van der Waals surface area contributed by atoms with E-state index in [1.54, 1.807) is 0 Å². The molecule has 9 heteroatoms. The molecular weight excluding hydrogens is 1220 g/mol. The molecule has 0 rings (SSSR count). The lowest BCUT2D eigenvalue weighted by Gasteiger charge is -2.25. The minimum absolute atomic E-state index is 0.174. The molecule has 0 aromatic heterocycles. The summed E-state index contributed by atoms with van der Waals surface area (Å²) in [7, 11) is 6.00. The predicted molar refractivity (Wildman–Crippen MR) is 429 cm³/mol. The molecule has 0 aliphatic heterocycles. The molecule has 0 bridgehead atoms. The minimum atomic E-state index is -1.51. The standard InChI is InChI=1S/C90H171NO8/c1-6-8-10-12-14-16-18-20-22-24-26-28-30-32-34-36-38-40-41-42-43-44-45-46-47-49-50-52-54-56-58-60-62-64-66-68-70-72-74-76-78-80-87(92)97-84-86(85-98-90(89(94)95)96-83-82-91(3,4)5)99-88(93)81-79-77-75-73-71-69-67-65-63-61-59-57-55-53-51-48-39-37-35-33-31-29-27-25-23-21-19-17-15-13-11-9-7-2/h19,21,24-27,86,90H,6-18,20,22-23,28-85H2,1-5H3/p+1/b21-19-,26-24-,27-25-. The van der Waals surface area contributed by atoms with Crippen molar-refractivity contribution in [1.82, 2.24) is 0 Å². The summed E-state index contributed by atoms with van der Waals surface area (Å²) in [6.45, 7) is 4.95. The second-order valence-electron chi connectivity index (χ2n) is 31.6. The van der Waals surface area contributed by atoms with Crippen molar-refractivity contribution in [2.45, 2.75) is 476 Å². The molecule has 0 aliphatic carbocycles. The Labute approximate surface area is 617 Å². The summed E-state index contributed by atoms with van der Waals surface area (Å²) < 4.78 is 23.1. The Morgan fingerprint density at radius 2 is 0.545 bits per heavy atom. The number of allylic oxidation sites excluding steroid dienone is 6. The van der Waals surface area contributed by atoms with E-state index in [2.05, 4.69) is 50.3 Å². The Kier molecular flexibility index (Phi) is 79.1. The van der Waals surface area contributed by atoms with Crippen molar-refractivity contribution in [1.29, 1.82) is 0 Å². The van der Waals surface area contributed by atoms with Crippen LogP contribution < -0.4 is 0 Å². The monoisotopic (exact) mass is 1400 g/mol. The molecule has 99 heavy (non-hydrogen) atoms. The van der Waals surface area contributed by atoms with Crippen LogP contribution in [0.5, 0.6) is 0 Å². The van der Waals surface area contributed by atoms with Crippen LogP contribution in [0.4, 0.5) is 0 Å². The Hall–Kier alpha value is -2.49. The lowest BCUT2D eigenvalue weighted by Crippen LogP contribution is -2.40. The molecule has 2 unspecified atom stereocenters. The van der Waals surface area contributed by atoms with Gasteiger partial charge >= 0.3 is 17.9 Å². The van der Waals surface area contributed by atoms with Crippen molar-refractivity contribution in [2.24, 2.45) is 0 Å². The first kappa shape index (κ1) is 96.5. The summed E-state index contributed by atoms with van der Waals surface area (Å²) in [6, 6.07) is 0. The van der Waals surface area contributed by atoms with Gasteiger partial charge in [0.1, 0.15) is 13.2 Å². The molecule has 0 aliphatic rings. The second kappa shape index (κ2) is 81.2. The van der Waals surface area contributed by atoms with Crippen molar-refractivity contribution in [3.8, 4) is 0 Å². The van der Waals surface area contributed by atoms with Gasteiger partial charge in [-0.25, -0.2) is 4.79 Å². The van der Waals surface area contributed by atoms with E-state index in [4.69, 9.17) is 18.9 Å². The third kappa shape index (κ3) is 82.7. The van der Waals surface area contributed by atoms with Gasteiger partial charge in [-0.15, -0.1) is 0 Å². The van der Waals surface area contributed by atoms with Crippen LogP contribution in [0, 0.1) is 0 Å². The number of nitrogens with zero attached hydrogens (tertiary/aromatic N) is 1. The molecule has 0 saturated carbocycles. The number of quaternary nitrogens is 1. The molecule has 0 amide bonds. The number of hydrogen-bond acceptors (Lipinski definition) is 7. The zero-order chi connectivity index (χ0) is 71.8. The van der Waals surface area contributed by atoms with Gasteiger partial charge in [-0.2, -0.15) is 0 Å². The number of rotatable bonds is 84. The van der Waals surface area contributed by atoms with Gasteiger partial charge in [0, 0.05) is 12.8 Å². The van der Waals surface area contributed by atoms with Crippen molar-refractivity contribution >= 4 is 17.9 Å². The zero-order valence-electron chi connectivity index (χ0n) is 67.2. The fraction of sp³-hybridized carbons (Fsp3) is 0.900. The highest BCUT2D eigenvalue weighted by Gasteiger charge is 2.25. The molecule has 0 aromatic carbocycles. The van der Waals surface area contributed by atoms with Crippen LogP contribution in [0.2, 0.25) is 0 Å². The highest BCUT2D eigenvalue weighted by molar-refractivity contribution is 5.71. The smallest absolute Gasteiger partial charge is 0.361 e. The van der Waals surface area contributed by atoms with Crippen LogP contribution in [-0.2, 0) is 33.3 Å². The summed E-state index contributed by atoms with van der Waals surface area (Å²) >= 11 is 0. The maximum Gasteiger partial charge on any atom is 0.361 e. The van der Waals surface area contributed by atoms with Crippen LogP contribution >= 0.6 is 0 Å². The number of carbonyl (C=O) groups excluding carboxylic acids is 2. The van der Waals surface area contributed by atoms with E-state index < -0.39 is 18.4 Å². The number of aliphatic carboxylic acids is 1. The van der Waals surface area contributed by atoms with Crippen molar-refractivity contribution in [2.75, 3.05) is 47.5 Å². The van der Waals surface area contributed by atoms with E-state index in [0.717, 1.165) is 44.9 Å². The summed E-state index contributed by atoms with van der Waals surface area (Å²) in [5.74, 6) is -1.97. The highest BCUT2D eigenvalue weighted by Crippen LogP contribution is 2.21. The van der Waals surface area contributed by atoms with Gasteiger partial charge in [0.25, 0.3) is 6.29 Å². The van der Waals surface area contributed by atoms with E-state index in [-0.39, 0.29) is 38.2 Å². The number of hydrogen-bond donors (Lipinski definition) is 1. The van der Waals surface area contributed by atoms with Gasteiger partial charge in [0.05, 0.1) is 34.4 Å². The first-order chi connectivity index (χ1) is 48.6. The average Bonchev–Trinajstić information content (AvgIpc) is 1.57. The van der Waals surface area contributed by atoms with Crippen LogP contribution in [0.1, 0.15) is 463 Å². The lowest BCUT2D eigenvalue weighted by atomic mass is 10.0. The SMILES string of the molecule is CCCCCCC/C=C\C/C=C\CCCCCCCCCCCCCCCCCCCCCCCC(=O)OC(COC(=O)CCCCCCCCCCCCCCCCCCCCCCCCCCCCCCC/C=C\CCCCCCCCCC)COC(OCC[N+](C)(C)C)C(=O)O. The Balaban J connectivity index is 3.89. The predicted octanol–water partition coefficient (Wildman–Crippen LogP) is 28.6. The third-order valence-electron chi connectivity index (χ3n) is 20.4. The number of carboxylic acids is 1. The quantitative estimate of drug-likeness (QED) is 0.0211. The second-order valence-corrected chi connectivity index (χ2v) is 31.6. The molecule has 2 atom stereocenters. The van der Waals surface area contributed by atoms with Gasteiger partial charge in [-0.05, 0) is 70.6 Å². The molecule has 1 N–H and O–H groups in total. The number of likely N-dealkylation sites (N-methyl/N-ethyl adjacent to an activating group) is 1. The van der Waals surface area contributed by atoms with Gasteiger partial charge < -0.3 is 28.5 Å². The first-order valence-corrected chi connectivity index (χ1v) is 44.2. The molecule has 0 radical (unpaired) electrons. The van der Waals surface area contributed by atoms with Crippen molar-refractivity contribution in [3.05, 3.63) is 36.5 Å². The molecule has 584 valence electrons. The van der Waals surface area contributed by atoms with Crippen LogP contribution in [0.3, 0.4) is 0 Å². The Morgan fingerprint density at radius 1 is 0.303 bits per heavy atom. The highest BCUT2D eigenvalue weighted by atomic mass is 16.7. The summed E-state index contributed by atoms with van der Waals surface area (Å²) in [6.07, 6.45) is 103. The summed E-state index contributed by atoms with van der Waals surface area (Å²) in [5, 5.41) is 9.79. The van der Waals surface area contributed by atoms with Gasteiger partial charge in [0.15, 0.2) is 6.10 Å². The van der Waals surface area contributed by atoms with Crippen molar-refractivity contribution < 1.29 is 42.9 Å². The largest absolute Gasteiger partial charge is 0.477 e.